The van der Waals surface area contributed by atoms with Crippen molar-refractivity contribution >= 4 is 22.4 Å². The number of aryl methyl sites for hydroxylation is 2. The number of hydrogen-bond donors (Lipinski definition) is 2. The quantitative estimate of drug-likeness (QED) is 0.831. The summed E-state index contributed by atoms with van der Waals surface area (Å²) in [6, 6.07) is 0. The zero-order chi connectivity index (χ0) is 13.7. The second-order valence-corrected chi connectivity index (χ2v) is 4.98. The van der Waals surface area contributed by atoms with Gasteiger partial charge < -0.3 is 15.6 Å². The minimum atomic E-state index is 0.00215. The third kappa shape index (κ3) is 3.78. The fraction of sp³-hybridized carbons (Fsp3) is 0.417. The van der Waals surface area contributed by atoms with Gasteiger partial charge in [0.25, 0.3) is 0 Å². The minimum Gasteiger partial charge on any atom is -0.375 e. The van der Waals surface area contributed by atoms with Crippen LogP contribution in [0.1, 0.15) is 24.9 Å². The molecule has 0 aliphatic carbocycles. The van der Waals surface area contributed by atoms with Gasteiger partial charge in [-0.2, -0.15) is 0 Å². The molecule has 6 nitrogen and oxygen atoms in total. The van der Waals surface area contributed by atoms with Crippen molar-refractivity contribution in [1.82, 2.24) is 19.9 Å². The Bertz CT molecular complexity index is 548. The number of anilines is 1. The van der Waals surface area contributed by atoms with Gasteiger partial charge in [0.2, 0.25) is 5.91 Å². The standard InChI is InChI=1S/C12H17N5OS/c1-2-10-14-4-6-17(10)5-3-11(18)15-7-9-8-19-12(13)16-9/h4,6,8H,2-3,5,7H2,1H3,(H2,13,16)(H,15,18). The van der Waals surface area contributed by atoms with Crippen LogP contribution in [0.2, 0.25) is 0 Å². The van der Waals surface area contributed by atoms with Gasteiger partial charge in [0, 0.05) is 37.2 Å². The van der Waals surface area contributed by atoms with Gasteiger partial charge >= 0.3 is 0 Å². The van der Waals surface area contributed by atoms with Crippen molar-refractivity contribution in [3.05, 3.63) is 29.3 Å². The van der Waals surface area contributed by atoms with Crippen molar-refractivity contribution in [2.75, 3.05) is 5.73 Å². The molecule has 19 heavy (non-hydrogen) atoms. The lowest BCUT2D eigenvalue weighted by atomic mass is 10.3. The van der Waals surface area contributed by atoms with E-state index in [9.17, 15) is 4.79 Å². The zero-order valence-corrected chi connectivity index (χ0v) is 11.6. The first-order valence-corrected chi connectivity index (χ1v) is 7.03. The first-order chi connectivity index (χ1) is 9.19. The topological polar surface area (TPSA) is 85.8 Å². The van der Waals surface area contributed by atoms with E-state index in [-0.39, 0.29) is 5.91 Å². The van der Waals surface area contributed by atoms with Crippen molar-refractivity contribution in [2.45, 2.75) is 32.9 Å². The average molecular weight is 279 g/mol. The monoisotopic (exact) mass is 279 g/mol. The molecule has 0 aliphatic heterocycles. The van der Waals surface area contributed by atoms with Gasteiger partial charge in [-0.3, -0.25) is 4.79 Å². The molecule has 0 aliphatic rings. The van der Waals surface area contributed by atoms with Crippen molar-refractivity contribution in [1.29, 1.82) is 0 Å². The molecular formula is C12H17N5OS. The number of rotatable bonds is 6. The van der Waals surface area contributed by atoms with Gasteiger partial charge in [-0.1, -0.05) is 6.92 Å². The summed E-state index contributed by atoms with van der Waals surface area (Å²) in [6.07, 6.45) is 4.96. The third-order valence-corrected chi connectivity index (χ3v) is 3.46. The molecule has 0 unspecified atom stereocenters. The second kappa shape index (κ2) is 6.33. The fourth-order valence-corrected chi connectivity index (χ4v) is 2.32. The Balaban J connectivity index is 1.76. The average Bonchev–Trinajstić information content (AvgIpc) is 3.02. The van der Waals surface area contributed by atoms with Crippen LogP contribution in [-0.4, -0.2) is 20.4 Å². The van der Waals surface area contributed by atoms with Crippen LogP contribution in [0.25, 0.3) is 0 Å². The highest BCUT2D eigenvalue weighted by atomic mass is 32.1. The van der Waals surface area contributed by atoms with Crippen LogP contribution in [-0.2, 0) is 24.3 Å². The predicted octanol–water partition coefficient (Wildman–Crippen LogP) is 1.19. The van der Waals surface area contributed by atoms with Crippen molar-refractivity contribution in [3.63, 3.8) is 0 Å². The number of amides is 1. The number of carbonyl (C=O) groups is 1. The molecule has 2 aromatic rings. The number of imidazole rings is 1. The summed E-state index contributed by atoms with van der Waals surface area (Å²) in [5, 5.41) is 5.20. The van der Waals surface area contributed by atoms with E-state index in [4.69, 9.17) is 5.73 Å². The van der Waals surface area contributed by atoms with Crippen LogP contribution >= 0.6 is 11.3 Å². The maximum atomic E-state index is 11.7. The second-order valence-electron chi connectivity index (χ2n) is 4.09. The molecule has 0 bridgehead atoms. The zero-order valence-electron chi connectivity index (χ0n) is 10.8. The largest absolute Gasteiger partial charge is 0.375 e. The number of thiazole rings is 1. The van der Waals surface area contributed by atoms with Gasteiger partial charge in [0.1, 0.15) is 5.82 Å². The maximum Gasteiger partial charge on any atom is 0.222 e. The first kappa shape index (κ1) is 13.5. The molecule has 0 radical (unpaired) electrons. The van der Waals surface area contributed by atoms with Crippen molar-refractivity contribution < 1.29 is 4.79 Å². The SMILES string of the molecule is CCc1nccn1CCC(=O)NCc1csc(N)n1. The van der Waals surface area contributed by atoms with Crippen LogP contribution < -0.4 is 11.1 Å². The lowest BCUT2D eigenvalue weighted by Gasteiger charge is -2.06. The highest BCUT2D eigenvalue weighted by Crippen LogP contribution is 2.10. The minimum absolute atomic E-state index is 0.00215. The van der Waals surface area contributed by atoms with E-state index in [1.807, 2.05) is 23.1 Å². The number of nitrogens with two attached hydrogens (primary N) is 1. The molecule has 0 aromatic carbocycles. The molecule has 1 amide bonds. The summed E-state index contributed by atoms with van der Waals surface area (Å²) in [5.74, 6) is 1.00. The lowest BCUT2D eigenvalue weighted by molar-refractivity contribution is -0.121. The van der Waals surface area contributed by atoms with Gasteiger partial charge in [0.05, 0.1) is 12.2 Å². The van der Waals surface area contributed by atoms with E-state index >= 15 is 0 Å². The van der Waals surface area contributed by atoms with E-state index in [1.54, 1.807) is 6.20 Å². The molecule has 2 rings (SSSR count). The van der Waals surface area contributed by atoms with Gasteiger partial charge in [0.15, 0.2) is 5.13 Å². The molecule has 0 atom stereocenters. The summed E-state index contributed by atoms with van der Waals surface area (Å²) < 4.78 is 2.00. The first-order valence-electron chi connectivity index (χ1n) is 6.15. The summed E-state index contributed by atoms with van der Waals surface area (Å²) >= 11 is 1.38. The number of nitrogens with one attached hydrogen (secondary N) is 1. The van der Waals surface area contributed by atoms with E-state index < -0.39 is 0 Å². The summed E-state index contributed by atoms with van der Waals surface area (Å²) in [4.78, 5) is 20.0. The van der Waals surface area contributed by atoms with Gasteiger partial charge in [-0.25, -0.2) is 9.97 Å². The number of carbonyl (C=O) groups excluding carboxylic acids is 1. The Hall–Kier alpha value is -1.89. The Morgan fingerprint density at radius 2 is 2.42 bits per heavy atom. The summed E-state index contributed by atoms with van der Waals surface area (Å²) in [5.41, 5.74) is 6.32. The molecule has 2 aromatic heterocycles. The number of nitrogens with zero attached hydrogens (tertiary/aromatic N) is 3. The Kier molecular flexibility index (Phi) is 4.51. The molecular weight excluding hydrogens is 262 g/mol. The maximum absolute atomic E-state index is 11.7. The smallest absolute Gasteiger partial charge is 0.222 e. The molecule has 102 valence electrons. The van der Waals surface area contributed by atoms with E-state index in [1.165, 1.54) is 11.3 Å². The highest BCUT2D eigenvalue weighted by molar-refractivity contribution is 7.13. The normalized spacial score (nSPS) is 10.6. The third-order valence-electron chi connectivity index (χ3n) is 2.73. The van der Waals surface area contributed by atoms with Crippen LogP contribution in [0.4, 0.5) is 5.13 Å². The molecule has 2 heterocycles. The lowest BCUT2D eigenvalue weighted by Crippen LogP contribution is -2.24. The molecule has 3 N–H and O–H groups in total. The van der Waals surface area contributed by atoms with Gasteiger partial charge in [-0.15, -0.1) is 11.3 Å². The Morgan fingerprint density at radius 1 is 1.58 bits per heavy atom. The molecule has 0 spiro atoms. The summed E-state index contributed by atoms with van der Waals surface area (Å²) in [7, 11) is 0. The van der Waals surface area contributed by atoms with E-state index in [0.29, 0.717) is 24.6 Å². The van der Waals surface area contributed by atoms with Gasteiger partial charge in [-0.05, 0) is 0 Å². The van der Waals surface area contributed by atoms with Crippen LogP contribution in [0.15, 0.2) is 17.8 Å². The van der Waals surface area contributed by atoms with Crippen LogP contribution in [0.3, 0.4) is 0 Å². The Morgan fingerprint density at radius 3 is 3.11 bits per heavy atom. The van der Waals surface area contributed by atoms with Crippen molar-refractivity contribution in [2.24, 2.45) is 0 Å². The Labute approximate surface area is 115 Å². The highest BCUT2D eigenvalue weighted by Gasteiger charge is 2.06. The van der Waals surface area contributed by atoms with E-state index in [0.717, 1.165) is 17.9 Å². The molecule has 0 saturated carbocycles. The molecule has 0 fully saturated rings. The number of hydrogen-bond acceptors (Lipinski definition) is 5. The molecule has 0 saturated heterocycles. The fourth-order valence-electron chi connectivity index (χ4n) is 1.76. The summed E-state index contributed by atoms with van der Waals surface area (Å²) in [6.45, 7) is 3.12. The molecule has 7 heteroatoms. The van der Waals surface area contributed by atoms with E-state index in [2.05, 4.69) is 15.3 Å². The number of aromatic nitrogens is 3. The van der Waals surface area contributed by atoms with Crippen LogP contribution in [0.5, 0.6) is 0 Å². The number of nitrogen functional groups attached to an aromatic ring is 1. The predicted molar refractivity (Wildman–Crippen MR) is 74.6 cm³/mol. The van der Waals surface area contributed by atoms with Crippen molar-refractivity contribution in [3.8, 4) is 0 Å². The van der Waals surface area contributed by atoms with Crippen LogP contribution in [0, 0.1) is 0 Å².